The number of carbonyl (C=O) groups excluding carboxylic acids is 6. The number of Topliss-reactive ketones (excluding diaryl/α,β-unsaturated/α-hetero) is 1. The van der Waals surface area contributed by atoms with Gasteiger partial charge in [0, 0.05) is 128 Å². The van der Waals surface area contributed by atoms with Gasteiger partial charge < -0.3 is 14.6 Å². The van der Waals surface area contributed by atoms with Crippen LogP contribution in [0, 0.1) is 6.92 Å². The molecular weight excluding hydrogens is 1640 g/mol. The second kappa shape index (κ2) is 45.6. The molecular formula is C111H89N9O11. The maximum absolute atomic E-state index is 12.9. The lowest BCUT2D eigenvalue weighted by atomic mass is 9.94. The standard InChI is InChI=1S/C23H16N2O.C18H16N2O2.C18H15NO2.C17H13NO.C16H11NO2.C13H13NO2.C6H5NO/c26-22(14-13-18-10-6-7-15-24-18)20-16-25-21-12-5-4-11-19(21)23(20)17-8-2-1-3-9-17;1-20(22-2)18(21)15-12-19-16-11-7-6-10-14(16)17(15)13-8-4-3-5-9-13;1-2-21-18(20)15-12-19-16-11-7-6-10-14(16)17(15)13-8-4-3-5-9-13;1-12(19)15-11-18-16-10-6-5-9-14(16)17(15)13-7-3-2-4-8-13;18-16(19)13-10-17-14-9-5-4-8-12(14)15(13)11-6-2-1-3-7-11;1-3-16-13(15)11-8-14-12-7-5-4-6-10(12)9(11)2;8-5-6-3-1-2-4-7-6/h1-16H;3-12H,1-2H3;3-12H,2H2,1H3;2-11H,1H3;1-10H,(H,18,19);4-8H,3H2,1-2H3;1-5H/b14-13+;;;;;;. The molecule has 0 atom stereocenters. The number of fused-ring (bicyclic) bond motifs is 6. The normalized spacial score (nSPS) is 10.5. The Kier molecular flexibility index (Phi) is 31.8. The van der Waals surface area contributed by atoms with Crippen LogP contribution in [0.3, 0.4) is 0 Å². The van der Waals surface area contributed by atoms with Crippen molar-refractivity contribution in [1.29, 1.82) is 0 Å². The predicted molar refractivity (Wildman–Crippen MR) is 518 cm³/mol. The number of aryl methyl sites for hydroxylation is 1. The van der Waals surface area contributed by atoms with Crippen LogP contribution in [0.2, 0.25) is 0 Å². The van der Waals surface area contributed by atoms with Gasteiger partial charge in [0.25, 0.3) is 5.91 Å². The second-order valence-electron chi connectivity index (χ2n) is 29.1. The van der Waals surface area contributed by atoms with Crippen molar-refractivity contribution in [2.75, 3.05) is 27.4 Å². The predicted octanol–water partition coefficient (Wildman–Crippen LogP) is 24.1. The number of carbonyl (C=O) groups is 7. The van der Waals surface area contributed by atoms with E-state index in [1.54, 1.807) is 102 Å². The Morgan fingerprint density at radius 3 is 0.954 bits per heavy atom. The number of esters is 2. The first-order valence-electron chi connectivity index (χ1n) is 42.0. The summed E-state index contributed by atoms with van der Waals surface area (Å²) in [6.45, 7) is 7.82. The fraction of sp³-hybridized carbons (Fsp3) is 0.0721. The van der Waals surface area contributed by atoms with E-state index in [0.29, 0.717) is 46.7 Å². The number of ketones is 2. The van der Waals surface area contributed by atoms with Crippen molar-refractivity contribution >= 4 is 113 Å². The van der Waals surface area contributed by atoms with Gasteiger partial charge in [0.05, 0.1) is 81.4 Å². The highest BCUT2D eigenvalue weighted by Gasteiger charge is 2.24. The van der Waals surface area contributed by atoms with E-state index < -0.39 is 5.97 Å². The van der Waals surface area contributed by atoms with Crippen LogP contribution < -0.4 is 0 Å². The minimum absolute atomic E-state index is 0.0390. The number of hydrogen-bond donors (Lipinski definition) is 1. The lowest BCUT2D eigenvalue weighted by molar-refractivity contribution is -0.0756. The van der Waals surface area contributed by atoms with Crippen LogP contribution in [0.5, 0.6) is 0 Å². The van der Waals surface area contributed by atoms with Crippen molar-refractivity contribution in [3.05, 3.63) is 440 Å². The van der Waals surface area contributed by atoms with Gasteiger partial charge in [-0.2, -0.15) is 0 Å². The fourth-order valence-corrected chi connectivity index (χ4v) is 14.5. The number of pyridine rings is 8. The molecule has 0 spiro atoms. The molecule has 11 aromatic carbocycles. The third-order valence-electron chi connectivity index (χ3n) is 20.8. The second-order valence-corrected chi connectivity index (χ2v) is 29.1. The third kappa shape index (κ3) is 22.9. The quantitative estimate of drug-likeness (QED) is 0.0291. The number of carboxylic acids is 1. The van der Waals surface area contributed by atoms with Gasteiger partial charge in [-0.05, 0) is 134 Å². The number of aromatic nitrogens is 8. The minimum atomic E-state index is -0.961. The smallest absolute Gasteiger partial charge is 0.340 e. The van der Waals surface area contributed by atoms with E-state index in [4.69, 9.17) is 14.3 Å². The highest BCUT2D eigenvalue weighted by atomic mass is 16.7. The zero-order valence-corrected chi connectivity index (χ0v) is 72.6. The van der Waals surface area contributed by atoms with Crippen LogP contribution in [-0.2, 0) is 14.3 Å². The molecule has 0 unspecified atom stereocenters. The maximum Gasteiger partial charge on any atom is 0.340 e. The summed E-state index contributed by atoms with van der Waals surface area (Å²) in [7, 11) is 3.06. The van der Waals surface area contributed by atoms with Crippen LogP contribution in [0.1, 0.15) is 105 Å². The summed E-state index contributed by atoms with van der Waals surface area (Å²) in [5, 5.41) is 16.3. The molecule has 0 bridgehead atoms. The molecule has 0 saturated heterocycles. The number of benzene rings is 11. The number of rotatable bonds is 17. The highest BCUT2D eigenvalue weighted by molar-refractivity contribution is 6.16. The lowest BCUT2D eigenvalue weighted by Gasteiger charge is -2.17. The van der Waals surface area contributed by atoms with E-state index in [1.165, 1.54) is 18.4 Å². The summed E-state index contributed by atoms with van der Waals surface area (Å²) in [6, 6.07) is 107. The van der Waals surface area contributed by atoms with Crippen molar-refractivity contribution in [2.45, 2.75) is 27.7 Å². The molecule has 644 valence electrons. The monoisotopic (exact) mass is 1720 g/mol. The number of carboxylic acid groups (broad SMARTS) is 1. The average Bonchev–Trinajstić information content (AvgIpc) is 0.752. The van der Waals surface area contributed by atoms with Gasteiger partial charge >= 0.3 is 17.9 Å². The number of amides is 1. The number of hydroxylamine groups is 2. The third-order valence-corrected chi connectivity index (χ3v) is 20.8. The van der Waals surface area contributed by atoms with Crippen LogP contribution >= 0.6 is 0 Å². The number of nitrogens with zero attached hydrogens (tertiary/aromatic N) is 9. The number of aldehydes is 1. The molecule has 1 amide bonds. The Bertz CT molecular complexity index is 7120. The van der Waals surface area contributed by atoms with Crippen molar-refractivity contribution in [3.8, 4) is 55.6 Å². The molecule has 20 heteroatoms. The molecule has 8 heterocycles. The van der Waals surface area contributed by atoms with Gasteiger partial charge in [-0.3, -0.25) is 63.9 Å². The number of allylic oxidation sites excluding steroid dienone is 1. The van der Waals surface area contributed by atoms with E-state index in [1.807, 2.05) is 322 Å². The Balaban J connectivity index is 0.000000132. The van der Waals surface area contributed by atoms with Crippen molar-refractivity contribution in [3.63, 3.8) is 0 Å². The first-order valence-corrected chi connectivity index (χ1v) is 42.0. The van der Waals surface area contributed by atoms with Gasteiger partial charge in [-0.25, -0.2) is 19.4 Å². The van der Waals surface area contributed by atoms with Gasteiger partial charge in [0.1, 0.15) is 5.69 Å². The molecule has 0 saturated carbocycles. The van der Waals surface area contributed by atoms with E-state index >= 15 is 0 Å². The summed E-state index contributed by atoms with van der Waals surface area (Å²) in [5.41, 5.74) is 19.6. The number of hydrogen-bond acceptors (Lipinski definition) is 18. The van der Waals surface area contributed by atoms with E-state index in [0.717, 1.165) is 139 Å². The molecule has 0 fully saturated rings. The topological polar surface area (TPSA) is 274 Å². The Morgan fingerprint density at radius 2 is 0.611 bits per heavy atom. The molecule has 131 heavy (non-hydrogen) atoms. The number of aromatic carboxylic acids is 1. The summed E-state index contributed by atoms with van der Waals surface area (Å²) < 4.78 is 10.1. The first kappa shape index (κ1) is 91.5. The maximum atomic E-state index is 12.9. The van der Waals surface area contributed by atoms with E-state index in [9.17, 15) is 38.7 Å². The van der Waals surface area contributed by atoms with Crippen molar-refractivity contribution < 1.29 is 53.0 Å². The Labute approximate surface area is 756 Å². The van der Waals surface area contributed by atoms with Crippen molar-refractivity contribution in [2.24, 2.45) is 0 Å². The van der Waals surface area contributed by atoms with Gasteiger partial charge in [0.15, 0.2) is 17.9 Å². The number of para-hydroxylation sites is 6. The SMILES string of the molecule is CC(=O)c1cnc2ccccc2c1-c1ccccc1.CCOC(=O)c1cnc2ccccc2c1-c1ccccc1.CCOC(=O)c1cnc2ccccc2c1C.CON(C)C(=O)c1cnc2ccccc2c1-c1ccccc1.O=C(/C=C/c1ccccn1)c1cnc2ccccc2c1-c1ccccc1.O=C(O)c1cnc2ccccc2c1-c1ccccc1.O=Cc1ccccn1. The van der Waals surface area contributed by atoms with Crippen LogP contribution in [0.15, 0.2) is 389 Å². The highest BCUT2D eigenvalue weighted by Crippen LogP contribution is 2.37. The average molecular weight is 1720 g/mol. The van der Waals surface area contributed by atoms with Crippen LogP contribution in [-0.4, -0.2) is 119 Å². The van der Waals surface area contributed by atoms with E-state index in [2.05, 4.69) is 39.9 Å². The molecule has 1 N–H and O–H groups in total. The zero-order valence-electron chi connectivity index (χ0n) is 72.6. The van der Waals surface area contributed by atoms with Crippen LogP contribution in [0.25, 0.3) is 127 Å². The Morgan fingerprint density at radius 1 is 0.328 bits per heavy atom. The Hall–Kier alpha value is -17.2. The van der Waals surface area contributed by atoms with Crippen molar-refractivity contribution in [1.82, 2.24) is 44.9 Å². The van der Waals surface area contributed by atoms with Gasteiger partial charge in [-0.1, -0.05) is 273 Å². The van der Waals surface area contributed by atoms with Crippen LogP contribution in [0.4, 0.5) is 0 Å². The minimum Gasteiger partial charge on any atom is -0.478 e. The molecule has 19 aromatic rings. The first-order chi connectivity index (χ1) is 64.1. The number of ether oxygens (including phenoxy) is 2. The van der Waals surface area contributed by atoms with Gasteiger partial charge in [0.2, 0.25) is 0 Å². The molecule has 20 nitrogen and oxygen atoms in total. The zero-order chi connectivity index (χ0) is 91.8. The summed E-state index contributed by atoms with van der Waals surface area (Å²) >= 11 is 0. The van der Waals surface area contributed by atoms with Gasteiger partial charge in [-0.15, -0.1) is 0 Å². The summed E-state index contributed by atoms with van der Waals surface area (Å²) in [6.07, 6.45) is 16.9. The molecule has 0 aliphatic rings. The largest absolute Gasteiger partial charge is 0.478 e. The molecule has 8 aromatic heterocycles. The molecule has 0 aliphatic heterocycles. The summed E-state index contributed by atoms with van der Waals surface area (Å²) in [5.74, 6) is -1.88. The van der Waals surface area contributed by atoms with E-state index in [-0.39, 0.29) is 35.0 Å². The molecule has 19 rings (SSSR count). The lowest BCUT2D eigenvalue weighted by Crippen LogP contribution is -2.26. The fourth-order valence-electron chi connectivity index (χ4n) is 14.5. The molecule has 0 radical (unpaired) electrons. The molecule has 0 aliphatic carbocycles. The summed E-state index contributed by atoms with van der Waals surface area (Å²) in [4.78, 5) is 122.